The van der Waals surface area contributed by atoms with E-state index in [1.807, 2.05) is 44.2 Å². The molecule has 0 bridgehead atoms. The number of methoxy groups -OCH3 is 2. The first-order valence-electron chi connectivity index (χ1n) is 8.64. The van der Waals surface area contributed by atoms with E-state index in [9.17, 15) is 4.79 Å². The van der Waals surface area contributed by atoms with E-state index in [-0.39, 0.29) is 5.91 Å². The van der Waals surface area contributed by atoms with E-state index in [4.69, 9.17) is 13.9 Å². The number of amides is 1. The largest absolute Gasteiger partial charge is 0.496 e. The quantitative estimate of drug-likeness (QED) is 0.673. The van der Waals surface area contributed by atoms with Gasteiger partial charge < -0.3 is 19.2 Å². The smallest absolute Gasteiger partial charge is 0.244 e. The summed E-state index contributed by atoms with van der Waals surface area (Å²) in [5, 5.41) is 3.55. The predicted molar refractivity (Wildman–Crippen MR) is 107 cm³/mol. The van der Waals surface area contributed by atoms with E-state index in [0.717, 1.165) is 44.5 Å². The number of allylic oxidation sites excluding steroid dienone is 1. The van der Waals surface area contributed by atoms with Crippen molar-refractivity contribution in [3.63, 3.8) is 0 Å². The molecule has 5 nitrogen and oxygen atoms in total. The van der Waals surface area contributed by atoms with E-state index in [1.54, 1.807) is 33.6 Å². The molecule has 0 radical (unpaired) electrons. The Morgan fingerprint density at radius 2 is 1.89 bits per heavy atom. The molecule has 0 saturated carbocycles. The molecule has 5 heteroatoms. The summed E-state index contributed by atoms with van der Waals surface area (Å²) in [6.45, 7) is 3.84. The van der Waals surface area contributed by atoms with Gasteiger partial charge in [-0.05, 0) is 31.6 Å². The van der Waals surface area contributed by atoms with Crippen molar-refractivity contribution >= 4 is 22.4 Å². The topological polar surface area (TPSA) is 60.7 Å². The maximum absolute atomic E-state index is 11.8. The molecule has 3 aromatic rings. The highest BCUT2D eigenvalue weighted by Gasteiger charge is 2.20. The minimum atomic E-state index is -0.163. The summed E-state index contributed by atoms with van der Waals surface area (Å²) < 4.78 is 17.0. The number of rotatable bonds is 5. The van der Waals surface area contributed by atoms with Crippen molar-refractivity contribution in [2.45, 2.75) is 13.8 Å². The van der Waals surface area contributed by atoms with Crippen molar-refractivity contribution in [2.75, 3.05) is 21.3 Å². The van der Waals surface area contributed by atoms with E-state index >= 15 is 0 Å². The van der Waals surface area contributed by atoms with Crippen molar-refractivity contribution in [2.24, 2.45) is 0 Å². The molecule has 0 aliphatic carbocycles. The molecule has 1 amide bonds. The predicted octanol–water partition coefficient (Wildman–Crippen LogP) is 4.57. The Kier molecular flexibility index (Phi) is 5.21. The van der Waals surface area contributed by atoms with Crippen LogP contribution in [-0.2, 0) is 4.79 Å². The monoisotopic (exact) mass is 365 g/mol. The molecule has 2 aromatic carbocycles. The van der Waals surface area contributed by atoms with E-state index in [0.29, 0.717) is 5.75 Å². The van der Waals surface area contributed by atoms with Crippen molar-refractivity contribution in [3.8, 4) is 22.6 Å². The van der Waals surface area contributed by atoms with Crippen LogP contribution in [0.15, 0.2) is 47.1 Å². The Bertz CT molecular complexity index is 1030. The van der Waals surface area contributed by atoms with Gasteiger partial charge in [0.25, 0.3) is 0 Å². The Morgan fingerprint density at radius 1 is 1.15 bits per heavy atom. The van der Waals surface area contributed by atoms with Crippen LogP contribution in [-0.4, -0.2) is 27.2 Å². The van der Waals surface area contributed by atoms with Gasteiger partial charge in [-0.1, -0.05) is 18.2 Å². The van der Waals surface area contributed by atoms with Crippen molar-refractivity contribution in [1.29, 1.82) is 0 Å². The fourth-order valence-electron chi connectivity index (χ4n) is 3.29. The molecule has 0 spiro atoms. The number of ether oxygens (including phenoxy) is 2. The van der Waals surface area contributed by atoms with Crippen LogP contribution in [0, 0.1) is 6.92 Å². The summed E-state index contributed by atoms with van der Waals surface area (Å²) in [6.07, 6.45) is 3.29. The highest BCUT2D eigenvalue weighted by Crippen LogP contribution is 2.42. The molecular weight excluding hydrogens is 342 g/mol. The molecule has 0 unspecified atom stereocenters. The second-order valence-electron chi connectivity index (χ2n) is 6.25. The van der Waals surface area contributed by atoms with Gasteiger partial charge >= 0.3 is 0 Å². The molecule has 0 aliphatic heterocycles. The van der Waals surface area contributed by atoms with Crippen molar-refractivity contribution < 1.29 is 18.7 Å². The van der Waals surface area contributed by atoms with E-state index in [2.05, 4.69) is 5.32 Å². The molecule has 0 fully saturated rings. The molecule has 3 rings (SSSR count). The normalized spacial score (nSPS) is 11.5. The molecule has 0 saturated heterocycles. The number of benzene rings is 2. The summed E-state index contributed by atoms with van der Waals surface area (Å²) in [7, 11) is 4.87. The average molecular weight is 365 g/mol. The van der Waals surface area contributed by atoms with Gasteiger partial charge in [0.2, 0.25) is 5.91 Å². The van der Waals surface area contributed by atoms with Crippen LogP contribution >= 0.6 is 0 Å². The number of likely N-dealkylation sites (N-methyl/N-ethyl adjacent to an activating group) is 1. The fourth-order valence-corrected chi connectivity index (χ4v) is 3.29. The summed E-state index contributed by atoms with van der Waals surface area (Å²) in [6, 6.07) is 9.81. The summed E-state index contributed by atoms with van der Waals surface area (Å²) in [5.41, 5.74) is 5.18. The van der Waals surface area contributed by atoms with E-state index in [1.165, 1.54) is 0 Å². The number of furan rings is 1. The van der Waals surface area contributed by atoms with Crippen molar-refractivity contribution in [3.05, 3.63) is 53.8 Å². The SMILES string of the molecule is CNC(=O)/C=C(\C)c1cc2c(-c3ccccc3OC)coc2c(C)c1OC. The van der Waals surface area contributed by atoms with Crippen LogP contribution < -0.4 is 14.8 Å². The molecular formula is C22H23NO4. The Hall–Kier alpha value is -3.21. The summed E-state index contributed by atoms with van der Waals surface area (Å²) >= 11 is 0. The molecule has 1 N–H and O–H groups in total. The van der Waals surface area contributed by atoms with Gasteiger partial charge in [-0.2, -0.15) is 0 Å². The van der Waals surface area contributed by atoms with Gasteiger partial charge in [-0.15, -0.1) is 0 Å². The zero-order valence-electron chi connectivity index (χ0n) is 16.2. The lowest BCUT2D eigenvalue weighted by molar-refractivity contribution is -0.116. The second kappa shape index (κ2) is 7.58. The standard InChI is InChI=1S/C22H23NO4/c1-13(10-20(24)23-3)16-11-17-18(15-8-6-7-9-19(15)25-4)12-27-22(17)14(2)21(16)26-5/h6-12H,1-5H3,(H,23,24)/b13-10+. The number of hydrogen-bond acceptors (Lipinski definition) is 4. The van der Waals surface area contributed by atoms with Crippen LogP contribution in [0.3, 0.4) is 0 Å². The highest BCUT2D eigenvalue weighted by atomic mass is 16.5. The fraction of sp³-hybridized carbons (Fsp3) is 0.227. The van der Waals surface area contributed by atoms with Gasteiger partial charge in [-0.25, -0.2) is 0 Å². The van der Waals surface area contributed by atoms with Crippen LogP contribution in [0.25, 0.3) is 27.7 Å². The molecule has 0 aliphatic rings. The molecule has 1 heterocycles. The number of fused-ring (bicyclic) bond motifs is 1. The third kappa shape index (κ3) is 3.28. The lowest BCUT2D eigenvalue weighted by Crippen LogP contribution is -2.14. The van der Waals surface area contributed by atoms with Gasteiger partial charge in [-0.3, -0.25) is 4.79 Å². The van der Waals surface area contributed by atoms with Gasteiger partial charge in [0, 0.05) is 40.8 Å². The van der Waals surface area contributed by atoms with E-state index < -0.39 is 0 Å². The first-order valence-corrected chi connectivity index (χ1v) is 8.64. The molecule has 140 valence electrons. The number of aryl methyl sites for hydroxylation is 1. The maximum Gasteiger partial charge on any atom is 0.244 e. The number of carbonyl (C=O) groups excluding carboxylic acids is 1. The Balaban J connectivity index is 2.29. The number of carbonyl (C=O) groups is 1. The Labute approximate surface area is 158 Å². The van der Waals surface area contributed by atoms with Gasteiger partial charge in [0.15, 0.2) is 0 Å². The summed E-state index contributed by atoms with van der Waals surface area (Å²) in [4.78, 5) is 11.8. The van der Waals surface area contributed by atoms with Crippen LogP contribution in [0.1, 0.15) is 18.1 Å². The minimum Gasteiger partial charge on any atom is -0.496 e. The zero-order chi connectivity index (χ0) is 19.6. The lowest BCUT2D eigenvalue weighted by atomic mass is 9.96. The highest BCUT2D eigenvalue weighted by molar-refractivity contribution is 6.02. The average Bonchev–Trinajstić information content (AvgIpc) is 3.11. The first-order chi connectivity index (χ1) is 13.0. The number of hydrogen-bond donors (Lipinski definition) is 1. The molecule has 1 aromatic heterocycles. The lowest BCUT2D eigenvalue weighted by Gasteiger charge is -2.13. The molecule has 0 atom stereocenters. The zero-order valence-corrected chi connectivity index (χ0v) is 16.2. The third-order valence-corrected chi connectivity index (χ3v) is 4.66. The number of nitrogens with one attached hydrogen (secondary N) is 1. The maximum atomic E-state index is 11.8. The first kappa shape index (κ1) is 18.6. The van der Waals surface area contributed by atoms with Crippen LogP contribution in [0.4, 0.5) is 0 Å². The third-order valence-electron chi connectivity index (χ3n) is 4.66. The van der Waals surface area contributed by atoms with Gasteiger partial charge in [0.1, 0.15) is 17.1 Å². The Morgan fingerprint density at radius 3 is 2.56 bits per heavy atom. The van der Waals surface area contributed by atoms with Crippen molar-refractivity contribution in [1.82, 2.24) is 5.32 Å². The molecule has 27 heavy (non-hydrogen) atoms. The number of para-hydroxylation sites is 1. The summed E-state index contributed by atoms with van der Waals surface area (Å²) in [5.74, 6) is 1.30. The van der Waals surface area contributed by atoms with Crippen LogP contribution in [0.2, 0.25) is 0 Å². The van der Waals surface area contributed by atoms with Gasteiger partial charge in [0.05, 0.1) is 20.5 Å². The second-order valence-corrected chi connectivity index (χ2v) is 6.25. The minimum absolute atomic E-state index is 0.163. The van der Waals surface area contributed by atoms with Crippen LogP contribution in [0.5, 0.6) is 11.5 Å².